The first-order chi connectivity index (χ1) is 16.9. The molecule has 1 saturated heterocycles. The lowest BCUT2D eigenvalue weighted by atomic mass is 10.0. The topological polar surface area (TPSA) is 103 Å². The van der Waals surface area contributed by atoms with Gasteiger partial charge in [-0.3, -0.25) is 24.6 Å². The number of imide groups is 1. The van der Waals surface area contributed by atoms with Crippen LogP contribution in [0.3, 0.4) is 0 Å². The molecule has 0 N–H and O–H groups in total. The van der Waals surface area contributed by atoms with Crippen molar-refractivity contribution in [2.45, 2.75) is 6.54 Å². The Balaban J connectivity index is 1.39. The molecule has 3 aromatic carbocycles. The monoisotopic (exact) mass is 486 g/mol. The molecule has 2 amide bonds. The summed E-state index contributed by atoms with van der Waals surface area (Å²) in [5, 5.41) is 12.7. The first-order valence-corrected chi connectivity index (χ1v) is 11.4. The number of nitro groups is 1. The summed E-state index contributed by atoms with van der Waals surface area (Å²) in [5.41, 5.74) is 1.32. The van der Waals surface area contributed by atoms with Crippen LogP contribution in [0.15, 0.2) is 82.1 Å². The second-order valence-corrected chi connectivity index (χ2v) is 8.74. The van der Waals surface area contributed by atoms with Crippen molar-refractivity contribution in [1.29, 1.82) is 0 Å². The third-order valence-corrected chi connectivity index (χ3v) is 6.55. The van der Waals surface area contributed by atoms with Crippen LogP contribution in [0.1, 0.15) is 11.3 Å². The number of fused-ring (bicyclic) bond motifs is 1. The minimum absolute atomic E-state index is 0.0998. The summed E-state index contributed by atoms with van der Waals surface area (Å²) in [7, 11) is 1.42. The highest BCUT2D eigenvalue weighted by Crippen LogP contribution is 2.37. The number of nitro benzene ring substituents is 1. The number of amides is 2. The van der Waals surface area contributed by atoms with E-state index < -0.39 is 4.92 Å². The smallest absolute Gasteiger partial charge is 0.293 e. The van der Waals surface area contributed by atoms with Crippen molar-refractivity contribution >= 4 is 45.4 Å². The Bertz CT molecular complexity index is 1520. The van der Waals surface area contributed by atoms with Gasteiger partial charge in [-0.1, -0.05) is 42.5 Å². The molecule has 5 rings (SSSR count). The van der Waals surface area contributed by atoms with Crippen LogP contribution in [-0.4, -0.2) is 28.1 Å². The maximum atomic E-state index is 13.0. The summed E-state index contributed by atoms with van der Waals surface area (Å²) in [5.74, 6) is 0.684. The number of furan rings is 1. The summed E-state index contributed by atoms with van der Waals surface area (Å²) in [6.07, 6.45) is 1.52. The van der Waals surface area contributed by atoms with Crippen LogP contribution < -0.4 is 4.74 Å². The average molecular weight is 487 g/mol. The fourth-order valence-electron chi connectivity index (χ4n) is 3.94. The van der Waals surface area contributed by atoms with E-state index in [1.807, 2.05) is 42.5 Å². The minimum atomic E-state index is -0.506. The highest BCUT2D eigenvalue weighted by Gasteiger charge is 2.35. The number of methoxy groups -OCH3 is 1. The zero-order valence-corrected chi connectivity index (χ0v) is 19.3. The fraction of sp³-hybridized carbons (Fsp3) is 0.0769. The molecule has 0 bridgehead atoms. The van der Waals surface area contributed by atoms with Crippen LogP contribution in [0.4, 0.5) is 10.5 Å². The Morgan fingerprint density at radius 2 is 1.86 bits per heavy atom. The Hall–Kier alpha value is -4.37. The molecule has 1 fully saturated rings. The van der Waals surface area contributed by atoms with Gasteiger partial charge in [0.1, 0.15) is 17.3 Å². The molecule has 35 heavy (non-hydrogen) atoms. The molecular formula is C26H18N2O6S. The molecular weight excluding hydrogens is 468 g/mol. The molecule has 1 aliphatic rings. The van der Waals surface area contributed by atoms with E-state index in [9.17, 15) is 19.7 Å². The lowest BCUT2D eigenvalue weighted by Gasteiger charge is -2.14. The van der Waals surface area contributed by atoms with Crippen LogP contribution in [0.2, 0.25) is 0 Å². The third kappa shape index (κ3) is 4.29. The van der Waals surface area contributed by atoms with Crippen molar-refractivity contribution in [2.75, 3.05) is 7.11 Å². The summed E-state index contributed by atoms with van der Waals surface area (Å²) < 4.78 is 11.1. The lowest BCUT2D eigenvalue weighted by molar-refractivity contribution is -0.384. The normalized spacial score (nSPS) is 14.8. The number of benzene rings is 3. The van der Waals surface area contributed by atoms with E-state index >= 15 is 0 Å². The number of non-ortho nitro benzene ring substituents is 1. The van der Waals surface area contributed by atoms with Crippen molar-refractivity contribution in [3.63, 3.8) is 0 Å². The molecule has 174 valence electrons. The molecule has 0 radical (unpaired) electrons. The summed E-state index contributed by atoms with van der Waals surface area (Å²) in [6.45, 7) is 0.173. The standard InChI is InChI=1S/C26H18N2O6S/c1-33-23-13-18(28(31)32)9-11-21(23)22-12-10-19(34-22)14-24-25(29)27(26(30)35-24)15-17-7-4-6-16-5-2-3-8-20(16)17/h2-14H,15H2,1H3/b24-14-. The number of thioether (sulfide) groups is 1. The van der Waals surface area contributed by atoms with Crippen LogP contribution in [0, 0.1) is 10.1 Å². The number of carbonyl (C=O) groups excluding carboxylic acids is 2. The number of carbonyl (C=O) groups is 2. The minimum Gasteiger partial charge on any atom is -0.496 e. The Morgan fingerprint density at radius 1 is 1.06 bits per heavy atom. The van der Waals surface area contributed by atoms with E-state index in [0.717, 1.165) is 28.1 Å². The van der Waals surface area contributed by atoms with E-state index in [0.29, 0.717) is 17.1 Å². The zero-order chi connectivity index (χ0) is 24.5. The summed E-state index contributed by atoms with van der Waals surface area (Å²) >= 11 is 0.858. The quantitative estimate of drug-likeness (QED) is 0.180. The van der Waals surface area contributed by atoms with Crippen LogP contribution >= 0.6 is 11.8 Å². The largest absolute Gasteiger partial charge is 0.496 e. The number of ether oxygens (including phenoxy) is 1. The molecule has 8 nitrogen and oxygen atoms in total. The Labute approximate surface area is 203 Å². The van der Waals surface area contributed by atoms with Crippen molar-refractivity contribution < 1.29 is 23.7 Å². The SMILES string of the molecule is COc1cc([N+](=O)[O-])ccc1-c1ccc(/C=C2\SC(=O)N(Cc3cccc4ccccc34)C2=O)o1. The van der Waals surface area contributed by atoms with E-state index in [1.54, 1.807) is 12.1 Å². The van der Waals surface area contributed by atoms with E-state index in [-0.39, 0.29) is 34.0 Å². The van der Waals surface area contributed by atoms with Gasteiger partial charge in [0, 0.05) is 12.1 Å². The van der Waals surface area contributed by atoms with Crippen molar-refractivity contribution in [1.82, 2.24) is 4.90 Å². The highest BCUT2D eigenvalue weighted by molar-refractivity contribution is 8.18. The molecule has 0 spiro atoms. The van der Waals surface area contributed by atoms with Crippen molar-refractivity contribution in [3.05, 3.63) is 99.1 Å². The molecule has 9 heteroatoms. The van der Waals surface area contributed by atoms with Gasteiger partial charge in [0.25, 0.3) is 16.8 Å². The first kappa shape index (κ1) is 22.4. The average Bonchev–Trinajstić information content (AvgIpc) is 3.43. The zero-order valence-electron chi connectivity index (χ0n) is 18.5. The molecule has 4 aromatic rings. The van der Waals surface area contributed by atoms with Crippen molar-refractivity contribution in [2.24, 2.45) is 0 Å². The molecule has 0 aliphatic carbocycles. The van der Waals surface area contributed by atoms with Crippen molar-refractivity contribution in [3.8, 4) is 17.1 Å². The maximum Gasteiger partial charge on any atom is 0.293 e. The lowest BCUT2D eigenvalue weighted by Crippen LogP contribution is -2.27. The van der Waals surface area contributed by atoms with Gasteiger partial charge in [-0.25, -0.2) is 0 Å². The third-order valence-electron chi connectivity index (χ3n) is 5.64. The molecule has 0 unspecified atom stereocenters. The Kier molecular flexibility index (Phi) is 5.84. The first-order valence-electron chi connectivity index (χ1n) is 10.6. The second kappa shape index (κ2) is 9.11. The van der Waals surface area contributed by atoms with Gasteiger partial charge in [0.05, 0.1) is 35.1 Å². The molecule has 1 aliphatic heterocycles. The van der Waals surface area contributed by atoms with Gasteiger partial charge < -0.3 is 9.15 Å². The molecule has 1 aromatic heterocycles. The number of hydrogen-bond donors (Lipinski definition) is 0. The molecule has 0 saturated carbocycles. The van der Waals surface area contributed by atoms with E-state index in [2.05, 4.69) is 0 Å². The van der Waals surface area contributed by atoms with Crippen LogP contribution in [0.25, 0.3) is 28.2 Å². The van der Waals surface area contributed by atoms with Gasteiger partial charge in [-0.15, -0.1) is 0 Å². The van der Waals surface area contributed by atoms with Gasteiger partial charge in [0.2, 0.25) is 0 Å². The number of nitrogens with zero attached hydrogens (tertiary/aromatic N) is 2. The predicted molar refractivity (Wildman–Crippen MR) is 133 cm³/mol. The van der Waals surface area contributed by atoms with Crippen LogP contribution in [0.5, 0.6) is 5.75 Å². The molecule has 0 atom stereocenters. The predicted octanol–water partition coefficient (Wildman–Crippen LogP) is 6.25. The number of rotatable bonds is 6. The van der Waals surface area contributed by atoms with E-state index in [4.69, 9.17) is 9.15 Å². The van der Waals surface area contributed by atoms with Gasteiger partial charge >= 0.3 is 0 Å². The Morgan fingerprint density at radius 3 is 2.66 bits per heavy atom. The second-order valence-electron chi connectivity index (χ2n) is 7.75. The summed E-state index contributed by atoms with van der Waals surface area (Å²) in [6, 6.07) is 21.2. The van der Waals surface area contributed by atoms with Gasteiger partial charge in [-0.05, 0) is 46.3 Å². The fourth-order valence-corrected chi connectivity index (χ4v) is 4.76. The highest BCUT2D eigenvalue weighted by atomic mass is 32.2. The van der Waals surface area contributed by atoms with E-state index in [1.165, 1.54) is 36.3 Å². The van der Waals surface area contributed by atoms with Gasteiger partial charge in [0.15, 0.2) is 0 Å². The van der Waals surface area contributed by atoms with Crippen LogP contribution in [-0.2, 0) is 11.3 Å². The van der Waals surface area contributed by atoms with Gasteiger partial charge in [-0.2, -0.15) is 0 Å². The maximum absolute atomic E-state index is 13.0. The number of hydrogen-bond acceptors (Lipinski definition) is 7. The summed E-state index contributed by atoms with van der Waals surface area (Å²) in [4.78, 5) is 37.7. The molecule has 2 heterocycles.